The Labute approximate surface area is 103 Å². The molecule has 0 aromatic carbocycles. The van der Waals surface area contributed by atoms with Crippen molar-refractivity contribution in [2.24, 2.45) is 0 Å². The average molecular weight is 270 g/mol. The minimum atomic E-state index is -1.50. The number of nitrogens with one attached hydrogen (secondary N) is 1. The first-order chi connectivity index (χ1) is 8.01. The summed E-state index contributed by atoms with van der Waals surface area (Å²) in [5, 5.41) is 39.9. The number of amides is 1. The monoisotopic (exact) mass is 269 g/mol. The molecule has 0 radical (unpaired) electrons. The lowest BCUT2D eigenvalue weighted by Crippen LogP contribution is -2.64. The maximum absolute atomic E-state index is 11.3. The zero-order valence-electron chi connectivity index (χ0n) is 8.99. The van der Waals surface area contributed by atoms with Crippen LogP contribution in [0.5, 0.6) is 0 Å². The van der Waals surface area contributed by atoms with Crippen molar-refractivity contribution in [2.45, 2.75) is 37.1 Å². The molecule has 0 aromatic rings. The largest absolute Gasteiger partial charge is 0.394 e. The Bertz CT molecular complexity index is 266. The van der Waals surface area contributed by atoms with E-state index in [1.54, 1.807) is 0 Å². The third-order valence-electron chi connectivity index (χ3n) is 2.55. The number of hydrogen-bond donors (Lipinski definition) is 5. The van der Waals surface area contributed by atoms with Crippen LogP contribution in [0.4, 0.5) is 0 Å². The second kappa shape index (κ2) is 6.48. The molecule has 3 unspecified atom stereocenters. The van der Waals surface area contributed by atoms with Crippen molar-refractivity contribution in [3.63, 3.8) is 0 Å². The number of aliphatic hydroxyl groups excluding tert-OH is 4. The molecule has 1 fully saturated rings. The molecule has 1 saturated heterocycles. The molecular formula is C9H16ClNO6. The molecule has 8 heteroatoms. The minimum Gasteiger partial charge on any atom is -0.394 e. The van der Waals surface area contributed by atoms with E-state index in [-0.39, 0.29) is 12.3 Å². The lowest BCUT2D eigenvalue weighted by Gasteiger charge is -2.40. The standard InChI is InChI=1S/C9H16ClNO6/c10-2-1-5(13)11-6-8(15)7(14)4(3-12)17-9(6)16/h4,6-9,12,14-16H,1-3H2,(H,11,13)/t4-,6?,7?,8-,9?/m1/s1. The fourth-order valence-electron chi connectivity index (χ4n) is 1.60. The summed E-state index contributed by atoms with van der Waals surface area (Å²) in [7, 11) is 0. The minimum absolute atomic E-state index is 0.0248. The van der Waals surface area contributed by atoms with Crippen LogP contribution in [0.3, 0.4) is 0 Å². The summed E-state index contributed by atoms with van der Waals surface area (Å²) in [4.78, 5) is 11.3. The maximum atomic E-state index is 11.3. The van der Waals surface area contributed by atoms with Gasteiger partial charge in [0.2, 0.25) is 5.91 Å². The Morgan fingerprint density at radius 2 is 1.94 bits per heavy atom. The summed E-state index contributed by atoms with van der Waals surface area (Å²) in [5.74, 6) is -0.366. The first-order valence-corrected chi connectivity index (χ1v) is 5.70. The van der Waals surface area contributed by atoms with Crippen molar-refractivity contribution in [3.8, 4) is 0 Å². The van der Waals surface area contributed by atoms with Crippen molar-refractivity contribution in [2.75, 3.05) is 12.5 Å². The van der Waals surface area contributed by atoms with Crippen LogP contribution in [0.1, 0.15) is 6.42 Å². The zero-order chi connectivity index (χ0) is 13.0. The van der Waals surface area contributed by atoms with Gasteiger partial charge in [0, 0.05) is 12.3 Å². The van der Waals surface area contributed by atoms with Gasteiger partial charge in [0.05, 0.1) is 6.61 Å². The summed E-state index contributed by atoms with van der Waals surface area (Å²) >= 11 is 5.36. The first-order valence-electron chi connectivity index (χ1n) is 5.17. The number of ether oxygens (including phenoxy) is 1. The van der Waals surface area contributed by atoms with Gasteiger partial charge in [0.15, 0.2) is 6.29 Å². The van der Waals surface area contributed by atoms with Crippen molar-refractivity contribution >= 4 is 17.5 Å². The van der Waals surface area contributed by atoms with E-state index in [1.807, 2.05) is 0 Å². The number of hydrogen-bond acceptors (Lipinski definition) is 6. The van der Waals surface area contributed by atoms with Crippen LogP contribution in [0, 0.1) is 0 Å². The molecule has 1 aliphatic rings. The topological polar surface area (TPSA) is 119 Å². The lowest BCUT2D eigenvalue weighted by molar-refractivity contribution is -0.253. The van der Waals surface area contributed by atoms with E-state index in [2.05, 4.69) is 5.32 Å². The molecule has 0 aromatic heterocycles. The highest BCUT2D eigenvalue weighted by Crippen LogP contribution is 2.19. The molecule has 0 aliphatic carbocycles. The number of alkyl halides is 1. The van der Waals surface area contributed by atoms with Gasteiger partial charge in [-0.25, -0.2) is 0 Å². The summed E-state index contributed by atoms with van der Waals surface area (Å²) in [6, 6.07) is -1.15. The van der Waals surface area contributed by atoms with Crippen molar-refractivity contribution in [1.29, 1.82) is 0 Å². The molecule has 0 spiro atoms. The van der Waals surface area contributed by atoms with Gasteiger partial charge in [-0.3, -0.25) is 4.79 Å². The fraction of sp³-hybridized carbons (Fsp3) is 0.889. The van der Waals surface area contributed by atoms with Gasteiger partial charge >= 0.3 is 0 Å². The van der Waals surface area contributed by atoms with E-state index in [1.165, 1.54) is 0 Å². The van der Waals surface area contributed by atoms with Gasteiger partial charge in [0.1, 0.15) is 24.4 Å². The first kappa shape index (κ1) is 14.6. The molecule has 1 aliphatic heterocycles. The number of halogens is 1. The van der Waals surface area contributed by atoms with Crippen LogP contribution in [0.15, 0.2) is 0 Å². The molecule has 0 bridgehead atoms. The van der Waals surface area contributed by atoms with E-state index >= 15 is 0 Å². The number of carbonyl (C=O) groups is 1. The Morgan fingerprint density at radius 3 is 2.47 bits per heavy atom. The Balaban J connectivity index is 2.63. The summed E-state index contributed by atoms with van der Waals surface area (Å²) in [5.41, 5.74) is 0. The van der Waals surface area contributed by atoms with Gasteiger partial charge in [-0.05, 0) is 0 Å². The fourth-order valence-corrected chi connectivity index (χ4v) is 1.77. The van der Waals surface area contributed by atoms with Crippen LogP contribution in [0.2, 0.25) is 0 Å². The van der Waals surface area contributed by atoms with Crippen LogP contribution in [-0.4, -0.2) is 69.5 Å². The van der Waals surface area contributed by atoms with Crippen LogP contribution in [0.25, 0.3) is 0 Å². The van der Waals surface area contributed by atoms with Gasteiger partial charge in [-0.2, -0.15) is 0 Å². The SMILES string of the molecule is O=C(CCCl)NC1C(O)O[C@H](CO)C(O)[C@@H]1O. The molecule has 100 valence electrons. The Morgan fingerprint density at radius 1 is 1.29 bits per heavy atom. The lowest BCUT2D eigenvalue weighted by atomic mass is 9.97. The normalized spacial score (nSPS) is 37.8. The average Bonchev–Trinajstić information content (AvgIpc) is 2.29. The molecule has 5 N–H and O–H groups in total. The Hall–Kier alpha value is -0.440. The molecule has 1 amide bonds. The van der Waals surface area contributed by atoms with E-state index in [0.29, 0.717) is 0 Å². The van der Waals surface area contributed by atoms with Crippen LogP contribution >= 0.6 is 11.6 Å². The molecule has 17 heavy (non-hydrogen) atoms. The van der Waals surface area contributed by atoms with Crippen LogP contribution < -0.4 is 5.32 Å². The van der Waals surface area contributed by atoms with Crippen molar-refractivity contribution in [1.82, 2.24) is 5.32 Å². The van der Waals surface area contributed by atoms with E-state index < -0.39 is 43.2 Å². The molecule has 0 saturated carbocycles. The molecule has 1 heterocycles. The predicted molar refractivity (Wildman–Crippen MR) is 57.2 cm³/mol. The summed E-state index contributed by atoms with van der Waals surface area (Å²) in [6.07, 6.45) is -5.36. The Kier molecular flexibility index (Phi) is 5.57. The van der Waals surface area contributed by atoms with E-state index in [9.17, 15) is 20.1 Å². The van der Waals surface area contributed by atoms with Crippen molar-refractivity contribution in [3.05, 3.63) is 0 Å². The molecule has 5 atom stereocenters. The number of carbonyl (C=O) groups excluding carboxylic acids is 1. The van der Waals surface area contributed by atoms with Gasteiger partial charge in [-0.15, -0.1) is 11.6 Å². The van der Waals surface area contributed by atoms with E-state index in [0.717, 1.165) is 0 Å². The van der Waals surface area contributed by atoms with Crippen molar-refractivity contribution < 1.29 is 30.0 Å². The highest BCUT2D eigenvalue weighted by atomic mass is 35.5. The quantitative estimate of drug-likeness (QED) is 0.361. The highest BCUT2D eigenvalue weighted by Gasteiger charge is 2.44. The van der Waals surface area contributed by atoms with E-state index in [4.69, 9.17) is 21.4 Å². The summed E-state index contributed by atoms with van der Waals surface area (Å²) < 4.78 is 4.86. The smallest absolute Gasteiger partial charge is 0.221 e. The predicted octanol–water partition coefficient (Wildman–Crippen LogP) is -2.47. The second-order valence-electron chi connectivity index (χ2n) is 3.76. The third kappa shape index (κ3) is 3.51. The maximum Gasteiger partial charge on any atom is 0.221 e. The molecule has 7 nitrogen and oxygen atoms in total. The van der Waals surface area contributed by atoms with Gasteiger partial charge in [-0.1, -0.05) is 0 Å². The zero-order valence-corrected chi connectivity index (χ0v) is 9.75. The highest BCUT2D eigenvalue weighted by molar-refractivity contribution is 6.18. The second-order valence-corrected chi connectivity index (χ2v) is 4.14. The number of aliphatic hydroxyl groups is 4. The number of rotatable bonds is 4. The summed E-state index contributed by atoms with van der Waals surface area (Å²) in [6.45, 7) is -0.544. The van der Waals surface area contributed by atoms with Gasteiger partial charge < -0.3 is 30.5 Å². The molecular weight excluding hydrogens is 254 g/mol. The van der Waals surface area contributed by atoms with Crippen LogP contribution in [-0.2, 0) is 9.53 Å². The molecule has 1 rings (SSSR count). The third-order valence-corrected chi connectivity index (χ3v) is 2.74. The van der Waals surface area contributed by atoms with Gasteiger partial charge in [0.25, 0.3) is 0 Å².